The molecule has 1 rings (SSSR count). The van der Waals surface area contributed by atoms with E-state index in [0.717, 1.165) is 18.6 Å². The third-order valence-corrected chi connectivity index (χ3v) is 5.72. The predicted molar refractivity (Wildman–Crippen MR) is 116 cm³/mol. The first-order valence-electron chi connectivity index (χ1n) is 11.1. The lowest BCUT2D eigenvalue weighted by atomic mass is 9.85. The molecule has 1 aromatic rings. The van der Waals surface area contributed by atoms with Crippen LogP contribution in [-0.4, -0.2) is 13.1 Å². The first-order valence-corrected chi connectivity index (χ1v) is 11.1. The zero-order chi connectivity index (χ0) is 20.1. The average molecular weight is 376 g/mol. The summed E-state index contributed by atoms with van der Waals surface area (Å²) in [5, 5.41) is 2.58. The summed E-state index contributed by atoms with van der Waals surface area (Å²) in [5.74, 6) is 2.09. The molecule has 0 saturated heterocycles. The van der Waals surface area contributed by atoms with Crippen LogP contribution in [0.1, 0.15) is 90.2 Å². The highest BCUT2D eigenvalue weighted by Crippen LogP contribution is 2.31. The summed E-state index contributed by atoms with van der Waals surface area (Å²) in [6.45, 7) is 9.08. The molecule has 0 fully saturated rings. The van der Waals surface area contributed by atoms with E-state index in [1.54, 1.807) is 7.05 Å². The van der Waals surface area contributed by atoms with Crippen LogP contribution in [0.15, 0.2) is 18.2 Å². The quantitative estimate of drug-likeness (QED) is 0.406. The van der Waals surface area contributed by atoms with E-state index in [1.165, 1.54) is 62.5 Å². The number of amides is 1. The molecule has 0 spiro atoms. The van der Waals surface area contributed by atoms with Gasteiger partial charge in [-0.1, -0.05) is 91.2 Å². The molecule has 3 heteroatoms. The van der Waals surface area contributed by atoms with Crippen LogP contribution in [0.25, 0.3) is 0 Å². The van der Waals surface area contributed by atoms with Gasteiger partial charge in [-0.25, -0.2) is 4.79 Å². The van der Waals surface area contributed by atoms with Crippen LogP contribution in [0, 0.1) is 11.8 Å². The maximum Gasteiger partial charge on any atom is 0.412 e. The summed E-state index contributed by atoms with van der Waals surface area (Å²) in [5.41, 5.74) is 2.62. The third-order valence-electron chi connectivity index (χ3n) is 5.72. The fraction of sp³-hybridized carbons (Fsp3) is 0.708. The Morgan fingerprint density at radius 2 is 1.56 bits per heavy atom. The SMILES string of the molecule is CCCCC(CC)Cc1cccc(OC(=O)NC)c1CC(CC)CCCC. The normalized spacial score (nSPS) is 13.2. The largest absolute Gasteiger partial charge is 0.412 e. The summed E-state index contributed by atoms with van der Waals surface area (Å²) >= 11 is 0. The lowest BCUT2D eigenvalue weighted by Crippen LogP contribution is -2.23. The predicted octanol–water partition coefficient (Wildman–Crippen LogP) is 6.92. The minimum Gasteiger partial charge on any atom is -0.410 e. The zero-order valence-electron chi connectivity index (χ0n) is 18.3. The van der Waals surface area contributed by atoms with Gasteiger partial charge in [-0.3, -0.25) is 0 Å². The highest BCUT2D eigenvalue weighted by Gasteiger charge is 2.19. The van der Waals surface area contributed by atoms with Crippen molar-refractivity contribution in [2.75, 3.05) is 7.05 Å². The summed E-state index contributed by atoms with van der Waals surface area (Å²) in [7, 11) is 1.61. The second kappa shape index (κ2) is 13.6. The van der Waals surface area contributed by atoms with Crippen LogP contribution < -0.4 is 10.1 Å². The van der Waals surface area contributed by atoms with Gasteiger partial charge in [0, 0.05) is 7.05 Å². The Morgan fingerprint density at radius 1 is 0.963 bits per heavy atom. The molecule has 0 aliphatic rings. The fourth-order valence-corrected chi connectivity index (χ4v) is 3.77. The Labute approximate surface area is 167 Å². The highest BCUT2D eigenvalue weighted by atomic mass is 16.6. The van der Waals surface area contributed by atoms with Crippen LogP contribution in [0.5, 0.6) is 5.75 Å². The Hall–Kier alpha value is -1.51. The Bertz CT molecular complexity index is 541. The van der Waals surface area contributed by atoms with Gasteiger partial charge in [0.05, 0.1) is 0 Å². The number of hydrogen-bond acceptors (Lipinski definition) is 2. The van der Waals surface area contributed by atoms with Gasteiger partial charge >= 0.3 is 6.09 Å². The summed E-state index contributed by atoms with van der Waals surface area (Å²) in [4.78, 5) is 11.9. The molecule has 0 heterocycles. The van der Waals surface area contributed by atoms with Crippen molar-refractivity contribution in [1.29, 1.82) is 0 Å². The topological polar surface area (TPSA) is 38.3 Å². The van der Waals surface area contributed by atoms with E-state index in [9.17, 15) is 4.79 Å². The number of carbonyl (C=O) groups excluding carboxylic acids is 1. The van der Waals surface area contributed by atoms with Crippen molar-refractivity contribution in [3.05, 3.63) is 29.3 Å². The average Bonchev–Trinajstić information content (AvgIpc) is 2.69. The molecule has 0 saturated carbocycles. The van der Waals surface area contributed by atoms with Crippen LogP contribution in [0.4, 0.5) is 4.79 Å². The minimum atomic E-state index is -0.381. The number of carbonyl (C=O) groups is 1. The third kappa shape index (κ3) is 8.36. The number of ether oxygens (including phenoxy) is 1. The van der Waals surface area contributed by atoms with Crippen molar-refractivity contribution < 1.29 is 9.53 Å². The van der Waals surface area contributed by atoms with Crippen molar-refractivity contribution in [2.24, 2.45) is 11.8 Å². The van der Waals surface area contributed by atoms with E-state index >= 15 is 0 Å². The minimum absolute atomic E-state index is 0.381. The molecule has 0 aliphatic carbocycles. The lowest BCUT2D eigenvalue weighted by Gasteiger charge is -2.22. The molecule has 0 aromatic heterocycles. The number of unbranched alkanes of at least 4 members (excludes halogenated alkanes) is 2. The number of rotatable bonds is 13. The van der Waals surface area contributed by atoms with Crippen LogP contribution in [0.2, 0.25) is 0 Å². The Kier molecular flexibility index (Phi) is 11.9. The molecule has 0 aliphatic heterocycles. The summed E-state index contributed by atoms with van der Waals surface area (Å²) in [6.07, 6.45) is 11.6. The summed E-state index contributed by atoms with van der Waals surface area (Å²) < 4.78 is 5.63. The Morgan fingerprint density at radius 3 is 2.07 bits per heavy atom. The standard InChI is InChI=1S/C24H41NO2/c1-6-10-13-19(8-3)17-21-15-12-16-23(27-24(26)25-5)22(21)18-20(9-4)14-11-7-2/h12,15-16,19-20H,6-11,13-14,17-18H2,1-5H3,(H,25,26). The maximum absolute atomic E-state index is 11.9. The van der Waals surface area contributed by atoms with Crippen molar-refractivity contribution in [2.45, 2.75) is 91.9 Å². The first kappa shape index (κ1) is 23.5. The van der Waals surface area contributed by atoms with Gasteiger partial charge in [0.25, 0.3) is 0 Å². The maximum atomic E-state index is 11.9. The molecular weight excluding hydrogens is 334 g/mol. The molecule has 2 unspecified atom stereocenters. The molecular formula is C24H41NO2. The monoisotopic (exact) mass is 375 g/mol. The van der Waals surface area contributed by atoms with E-state index in [2.05, 4.69) is 39.1 Å². The van der Waals surface area contributed by atoms with E-state index in [-0.39, 0.29) is 6.09 Å². The van der Waals surface area contributed by atoms with E-state index in [0.29, 0.717) is 11.8 Å². The molecule has 2 atom stereocenters. The molecule has 0 radical (unpaired) electrons. The van der Waals surface area contributed by atoms with E-state index in [4.69, 9.17) is 4.74 Å². The zero-order valence-corrected chi connectivity index (χ0v) is 18.3. The van der Waals surface area contributed by atoms with Crippen molar-refractivity contribution in [3.63, 3.8) is 0 Å². The molecule has 1 amide bonds. The van der Waals surface area contributed by atoms with Gasteiger partial charge in [0.1, 0.15) is 5.75 Å². The van der Waals surface area contributed by atoms with Crippen molar-refractivity contribution in [3.8, 4) is 5.75 Å². The second-order valence-electron chi connectivity index (χ2n) is 7.77. The number of nitrogens with one attached hydrogen (secondary N) is 1. The second-order valence-corrected chi connectivity index (χ2v) is 7.77. The number of benzene rings is 1. The van der Waals surface area contributed by atoms with Crippen LogP contribution in [0.3, 0.4) is 0 Å². The first-order chi connectivity index (χ1) is 13.1. The van der Waals surface area contributed by atoms with E-state index < -0.39 is 0 Å². The van der Waals surface area contributed by atoms with Gasteiger partial charge in [0.2, 0.25) is 0 Å². The van der Waals surface area contributed by atoms with Crippen LogP contribution in [-0.2, 0) is 12.8 Å². The smallest absolute Gasteiger partial charge is 0.410 e. The fourth-order valence-electron chi connectivity index (χ4n) is 3.77. The van der Waals surface area contributed by atoms with Gasteiger partial charge in [-0.05, 0) is 41.9 Å². The van der Waals surface area contributed by atoms with Gasteiger partial charge in [-0.2, -0.15) is 0 Å². The molecule has 27 heavy (non-hydrogen) atoms. The molecule has 1 N–H and O–H groups in total. The van der Waals surface area contributed by atoms with Crippen molar-refractivity contribution in [1.82, 2.24) is 5.32 Å². The highest BCUT2D eigenvalue weighted by molar-refractivity contribution is 5.70. The Balaban J connectivity index is 3.11. The van der Waals surface area contributed by atoms with Crippen LogP contribution >= 0.6 is 0 Å². The molecule has 0 bridgehead atoms. The van der Waals surface area contributed by atoms with Gasteiger partial charge in [-0.15, -0.1) is 0 Å². The molecule has 1 aromatic carbocycles. The van der Waals surface area contributed by atoms with E-state index in [1.807, 2.05) is 12.1 Å². The van der Waals surface area contributed by atoms with Gasteiger partial charge < -0.3 is 10.1 Å². The van der Waals surface area contributed by atoms with Crippen molar-refractivity contribution >= 4 is 6.09 Å². The molecule has 3 nitrogen and oxygen atoms in total. The lowest BCUT2D eigenvalue weighted by molar-refractivity contribution is 0.202. The number of hydrogen-bond donors (Lipinski definition) is 1. The molecule has 154 valence electrons. The summed E-state index contributed by atoms with van der Waals surface area (Å²) in [6, 6.07) is 6.23. The van der Waals surface area contributed by atoms with Gasteiger partial charge in [0.15, 0.2) is 0 Å².